The first-order chi connectivity index (χ1) is 14.6. The molecule has 3 heterocycles. The molecular formula is C21H20N6O3. The van der Waals surface area contributed by atoms with E-state index in [2.05, 4.69) is 25.4 Å². The highest BCUT2D eigenvalue weighted by Crippen LogP contribution is 2.24. The number of hydrogen-bond donors (Lipinski definition) is 1. The fourth-order valence-corrected chi connectivity index (χ4v) is 2.83. The summed E-state index contributed by atoms with van der Waals surface area (Å²) in [7, 11) is 0. The van der Waals surface area contributed by atoms with Crippen molar-refractivity contribution in [1.29, 1.82) is 0 Å². The summed E-state index contributed by atoms with van der Waals surface area (Å²) in [5, 5.41) is 7.02. The van der Waals surface area contributed by atoms with E-state index in [0.29, 0.717) is 30.6 Å². The summed E-state index contributed by atoms with van der Waals surface area (Å²) in [4.78, 5) is 24.9. The normalized spacial score (nSPS) is 10.7. The molecule has 0 spiro atoms. The molecule has 0 atom stereocenters. The van der Waals surface area contributed by atoms with Crippen LogP contribution in [0.4, 0.5) is 5.69 Å². The Hall–Kier alpha value is -4.01. The van der Waals surface area contributed by atoms with Crippen molar-refractivity contribution in [3.63, 3.8) is 0 Å². The van der Waals surface area contributed by atoms with E-state index in [1.165, 1.54) is 6.39 Å². The van der Waals surface area contributed by atoms with E-state index < -0.39 is 0 Å². The van der Waals surface area contributed by atoms with Crippen LogP contribution in [0.3, 0.4) is 0 Å². The van der Waals surface area contributed by atoms with E-state index in [9.17, 15) is 4.79 Å². The van der Waals surface area contributed by atoms with Crippen LogP contribution in [0.1, 0.15) is 21.6 Å². The Morgan fingerprint density at radius 1 is 1.13 bits per heavy atom. The molecule has 3 aromatic heterocycles. The molecule has 4 rings (SSSR count). The summed E-state index contributed by atoms with van der Waals surface area (Å²) in [6, 6.07) is 8.01. The van der Waals surface area contributed by atoms with Gasteiger partial charge in [0.1, 0.15) is 6.61 Å². The molecule has 0 saturated carbocycles. The number of aromatic nitrogens is 5. The number of oxazole rings is 1. The molecule has 0 aliphatic heterocycles. The van der Waals surface area contributed by atoms with Gasteiger partial charge in [0.2, 0.25) is 0 Å². The second-order valence-corrected chi connectivity index (χ2v) is 6.74. The van der Waals surface area contributed by atoms with Crippen molar-refractivity contribution < 1.29 is 13.9 Å². The van der Waals surface area contributed by atoms with Gasteiger partial charge in [0.25, 0.3) is 5.91 Å². The lowest BCUT2D eigenvalue weighted by Crippen LogP contribution is -2.13. The Bertz CT molecular complexity index is 1150. The number of aryl methyl sites for hydroxylation is 2. The number of nitrogens with zero attached hydrogens (tertiary/aromatic N) is 5. The number of anilines is 1. The van der Waals surface area contributed by atoms with Gasteiger partial charge in [-0.25, -0.2) is 15.0 Å². The molecule has 30 heavy (non-hydrogen) atoms. The van der Waals surface area contributed by atoms with E-state index in [1.807, 2.05) is 38.1 Å². The average Bonchev–Trinajstić information content (AvgIpc) is 3.39. The fourth-order valence-electron chi connectivity index (χ4n) is 2.83. The highest BCUT2D eigenvalue weighted by atomic mass is 16.5. The molecular weight excluding hydrogens is 384 g/mol. The summed E-state index contributed by atoms with van der Waals surface area (Å²) in [6.07, 6.45) is 7.93. The van der Waals surface area contributed by atoms with Crippen molar-refractivity contribution in [3.05, 3.63) is 72.3 Å². The Balaban J connectivity index is 1.36. The van der Waals surface area contributed by atoms with Crippen molar-refractivity contribution in [2.75, 3.05) is 11.9 Å². The zero-order chi connectivity index (χ0) is 20.9. The summed E-state index contributed by atoms with van der Waals surface area (Å²) >= 11 is 0. The third-order valence-electron chi connectivity index (χ3n) is 4.26. The standard InChI is InChI=1S/C21H20N6O3/c1-14-4-3-5-16(8-14)19-18(24-13-30-19)20(28)26-17-11-25-27(12-17)6-7-29-21-22-9-15(2)10-23-21/h3-5,8-13H,6-7H2,1-2H3,(H,26,28). The molecule has 0 unspecified atom stereocenters. The quantitative estimate of drug-likeness (QED) is 0.503. The lowest BCUT2D eigenvalue weighted by Gasteiger charge is -2.04. The van der Waals surface area contributed by atoms with E-state index in [4.69, 9.17) is 9.15 Å². The van der Waals surface area contributed by atoms with E-state index >= 15 is 0 Å². The third kappa shape index (κ3) is 4.52. The smallest absolute Gasteiger partial charge is 0.316 e. The molecule has 0 aliphatic carbocycles. The molecule has 4 aromatic rings. The first-order valence-electron chi connectivity index (χ1n) is 9.34. The van der Waals surface area contributed by atoms with Gasteiger partial charge in [0.05, 0.1) is 18.4 Å². The van der Waals surface area contributed by atoms with Crippen molar-refractivity contribution in [2.24, 2.45) is 0 Å². The van der Waals surface area contributed by atoms with Crippen LogP contribution in [0.15, 0.2) is 59.9 Å². The number of nitrogens with one attached hydrogen (secondary N) is 1. The summed E-state index contributed by atoms with van der Waals surface area (Å²) in [5.41, 5.74) is 3.59. The van der Waals surface area contributed by atoms with Crippen molar-refractivity contribution in [3.8, 4) is 17.3 Å². The first-order valence-corrected chi connectivity index (χ1v) is 9.34. The van der Waals surface area contributed by atoms with Gasteiger partial charge in [-0.05, 0) is 25.5 Å². The van der Waals surface area contributed by atoms with Gasteiger partial charge >= 0.3 is 6.01 Å². The molecule has 1 aromatic carbocycles. The number of carbonyl (C=O) groups is 1. The largest absolute Gasteiger partial charge is 0.461 e. The van der Waals surface area contributed by atoms with Crippen LogP contribution in [0.2, 0.25) is 0 Å². The van der Waals surface area contributed by atoms with Crippen molar-refractivity contribution >= 4 is 11.6 Å². The first kappa shape index (κ1) is 19.3. The summed E-state index contributed by atoms with van der Waals surface area (Å²) in [6.45, 7) is 4.71. The fraction of sp³-hybridized carbons (Fsp3) is 0.190. The van der Waals surface area contributed by atoms with Crippen LogP contribution in [-0.4, -0.2) is 37.2 Å². The number of rotatable bonds is 7. The minimum atomic E-state index is -0.371. The van der Waals surface area contributed by atoms with Crippen LogP contribution >= 0.6 is 0 Å². The van der Waals surface area contributed by atoms with Gasteiger partial charge in [-0.2, -0.15) is 5.10 Å². The highest BCUT2D eigenvalue weighted by molar-refractivity contribution is 6.06. The van der Waals surface area contributed by atoms with Crippen LogP contribution < -0.4 is 10.1 Å². The molecule has 9 nitrogen and oxygen atoms in total. The molecule has 1 N–H and O–H groups in total. The minimum absolute atomic E-state index is 0.216. The lowest BCUT2D eigenvalue weighted by molar-refractivity contribution is 0.102. The molecule has 0 aliphatic rings. The van der Waals surface area contributed by atoms with Gasteiger partial charge in [-0.15, -0.1) is 0 Å². The van der Waals surface area contributed by atoms with E-state index in [0.717, 1.165) is 16.7 Å². The van der Waals surface area contributed by atoms with Crippen LogP contribution in [0, 0.1) is 13.8 Å². The molecule has 152 valence electrons. The van der Waals surface area contributed by atoms with Gasteiger partial charge in [-0.1, -0.05) is 23.8 Å². The number of ether oxygens (including phenoxy) is 1. The van der Waals surface area contributed by atoms with Crippen molar-refractivity contribution in [2.45, 2.75) is 20.4 Å². The Labute approximate surface area is 172 Å². The molecule has 0 radical (unpaired) electrons. The van der Waals surface area contributed by atoms with Gasteiger partial charge < -0.3 is 14.5 Å². The third-order valence-corrected chi connectivity index (χ3v) is 4.26. The van der Waals surface area contributed by atoms with Gasteiger partial charge in [0.15, 0.2) is 17.8 Å². The van der Waals surface area contributed by atoms with Gasteiger partial charge in [0, 0.05) is 24.2 Å². The Morgan fingerprint density at radius 2 is 1.97 bits per heavy atom. The maximum atomic E-state index is 12.7. The zero-order valence-corrected chi connectivity index (χ0v) is 16.6. The molecule has 1 amide bonds. The summed E-state index contributed by atoms with van der Waals surface area (Å²) in [5.74, 6) is 0.0548. The predicted octanol–water partition coefficient (Wildman–Crippen LogP) is 3.28. The second kappa shape index (κ2) is 8.56. The molecule has 0 saturated heterocycles. The molecule has 0 fully saturated rings. The van der Waals surface area contributed by atoms with Crippen molar-refractivity contribution in [1.82, 2.24) is 24.7 Å². The van der Waals surface area contributed by atoms with Crippen LogP contribution in [-0.2, 0) is 6.54 Å². The lowest BCUT2D eigenvalue weighted by atomic mass is 10.1. The summed E-state index contributed by atoms with van der Waals surface area (Å²) < 4.78 is 12.6. The van der Waals surface area contributed by atoms with E-state index in [-0.39, 0.29) is 11.6 Å². The van der Waals surface area contributed by atoms with Gasteiger partial charge in [-0.3, -0.25) is 9.48 Å². The number of amides is 1. The maximum Gasteiger partial charge on any atom is 0.316 e. The minimum Gasteiger partial charge on any atom is -0.461 e. The highest BCUT2D eigenvalue weighted by Gasteiger charge is 2.19. The van der Waals surface area contributed by atoms with E-state index in [1.54, 1.807) is 29.5 Å². The predicted molar refractivity (Wildman–Crippen MR) is 109 cm³/mol. The second-order valence-electron chi connectivity index (χ2n) is 6.74. The SMILES string of the molecule is Cc1cnc(OCCn2cc(NC(=O)c3ncoc3-c3cccc(C)c3)cn2)nc1. The van der Waals surface area contributed by atoms with Crippen LogP contribution in [0.5, 0.6) is 6.01 Å². The Kier molecular flexibility index (Phi) is 5.51. The molecule has 9 heteroatoms. The number of benzene rings is 1. The number of hydrogen-bond acceptors (Lipinski definition) is 7. The maximum absolute atomic E-state index is 12.7. The Morgan fingerprint density at radius 3 is 2.77 bits per heavy atom. The average molecular weight is 404 g/mol. The number of carbonyl (C=O) groups excluding carboxylic acids is 1. The zero-order valence-electron chi connectivity index (χ0n) is 16.6. The van der Waals surface area contributed by atoms with Crippen LogP contribution in [0.25, 0.3) is 11.3 Å². The molecule has 0 bridgehead atoms. The monoisotopic (exact) mass is 404 g/mol. The topological polar surface area (TPSA) is 108 Å².